The first-order valence-corrected chi connectivity index (χ1v) is 12.4. The van der Waals surface area contributed by atoms with E-state index in [1.54, 1.807) is 46.8 Å². The van der Waals surface area contributed by atoms with Gasteiger partial charge in [0.25, 0.3) is 0 Å². The Bertz CT molecular complexity index is 1480. The number of fused-ring (bicyclic) bond motifs is 1. The van der Waals surface area contributed by atoms with Gasteiger partial charge in [0.2, 0.25) is 11.5 Å². The molecule has 0 aliphatic heterocycles. The van der Waals surface area contributed by atoms with Gasteiger partial charge in [-0.1, -0.05) is 24.3 Å². The standard InChI is InChI=1S/C28H24FN3O3S/c29-22-5-1-4-21(15-22)27(30-16-19-8-10-25-20(14-19)9-11-26(33)31-25)28(34)32(17-23-6-2-12-35-23)18-24-7-3-13-36-24/h1-15,27,30H,16-18H2,(H,31,33)/t27-/m1/s1. The van der Waals surface area contributed by atoms with Crippen LogP contribution in [0.5, 0.6) is 0 Å². The van der Waals surface area contributed by atoms with E-state index in [-0.39, 0.29) is 11.5 Å². The minimum Gasteiger partial charge on any atom is -0.467 e. The number of rotatable bonds is 9. The van der Waals surface area contributed by atoms with Crippen molar-refractivity contribution in [1.82, 2.24) is 15.2 Å². The Labute approximate surface area is 211 Å². The molecule has 1 atom stereocenters. The zero-order valence-corrected chi connectivity index (χ0v) is 20.1. The van der Waals surface area contributed by atoms with Gasteiger partial charge in [-0.3, -0.25) is 14.9 Å². The predicted octanol–water partition coefficient (Wildman–Crippen LogP) is 5.38. The second-order valence-electron chi connectivity index (χ2n) is 8.47. The van der Waals surface area contributed by atoms with Crippen LogP contribution in [0, 0.1) is 5.82 Å². The highest BCUT2D eigenvalue weighted by Crippen LogP contribution is 2.23. The molecule has 2 N–H and O–H groups in total. The second-order valence-corrected chi connectivity index (χ2v) is 9.50. The number of hydrogen-bond donors (Lipinski definition) is 2. The van der Waals surface area contributed by atoms with E-state index in [2.05, 4.69) is 10.3 Å². The molecule has 2 aromatic carbocycles. The number of nitrogens with one attached hydrogen (secondary N) is 2. The summed E-state index contributed by atoms with van der Waals surface area (Å²) in [7, 11) is 0. The van der Waals surface area contributed by atoms with Gasteiger partial charge in [-0.05, 0) is 70.4 Å². The van der Waals surface area contributed by atoms with Gasteiger partial charge >= 0.3 is 0 Å². The second kappa shape index (κ2) is 10.7. The highest BCUT2D eigenvalue weighted by atomic mass is 32.1. The Morgan fingerprint density at radius 3 is 2.72 bits per heavy atom. The fourth-order valence-corrected chi connectivity index (χ4v) is 4.86. The van der Waals surface area contributed by atoms with Crippen molar-refractivity contribution in [2.75, 3.05) is 0 Å². The molecule has 3 heterocycles. The fraction of sp³-hybridized carbons (Fsp3) is 0.143. The quantitative estimate of drug-likeness (QED) is 0.284. The lowest BCUT2D eigenvalue weighted by Crippen LogP contribution is -2.40. The summed E-state index contributed by atoms with van der Waals surface area (Å²) in [6, 6.07) is 21.8. The normalized spacial score (nSPS) is 12.0. The smallest absolute Gasteiger partial charge is 0.248 e. The van der Waals surface area contributed by atoms with Crippen molar-refractivity contribution in [2.45, 2.75) is 25.7 Å². The number of aromatic nitrogens is 1. The summed E-state index contributed by atoms with van der Waals surface area (Å²) in [5, 5.41) is 6.20. The van der Waals surface area contributed by atoms with Crippen LogP contribution < -0.4 is 10.9 Å². The summed E-state index contributed by atoms with van der Waals surface area (Å²) in [6.07, 6.45) is 1.58. The number of carbonyl (C=O) groups is 1. The van der Waals surface area contributed by atoms with Gasteiger partial charge in [0.05, 0.1) is 19.4 Å². The fourth-order valence-electron chi connectivity index (χ4n) is 4.14. The van der Waals surface area contributed by atoms with E-state index in [1.807, 2.05) is 41.8 Å². The minimum atomic E-state index is -0.776. The van der Waals surface area contributed by atoms with Crippen LogP contribution in [-0.4, -0.2) is 15.8 Å². The molecule has 0 aliphatic rings. The summed E-state index contributed by atoms with van der Waals surface area (Å²) < 4.78 is 19.7. The number of benzene rings is 2. The maximum Gasteiger partial charge on any atom is 0.248 e. The van der Waals surface area contributed by atoms with Crippen molar-refractivity contribution in [3.63, 3.8) is 0 Å². The molecule has 5 rings (SSSR count). The summed E-state index contributed by atoms with van der Waals surface area (Å²) >= 11 is 1.57. The Morgan fingerprint density at radius 2 is 1.94 bits per heavy atom. The molecule has 0 spiro atoms. The molecule has 0 saturated heterocycles. The number of thiophene rings is 1. The van der Waals surface area contributed by atoms with E-state index in [9.17, 15) is 14.0 Å². The number of aromatic amines is 1. The number of pyridine rings is 1. The molecule has 8 heteroatoms. The van der Waals surface area contributed by atoms with Crippen LogP contribution in [0.15, 0.2) is 99.7 Å². The average molecular weight is 502 g/mol. The average Bonchev–Trinajstić information content (AvgIpc) is 3.58. The van der Waals surface area contributed by atoms with Gasteiger partial charge in [-0.2, -0.15) is 0 Å². The third kappa shape index (κ3) is 5.62. The molecule has 0 radical (unpaired) electrons. The van der Waals surface area contributed by atoms with Crippen molar-refractivity contribution in [1.29, 1.82) is 0 Å². The Morgan fingerprint density at radius 1 is 1.03 bits per heavy atom. The van der Waals surface area contributed by atoms with E-state index in [0.29, 0.717) is 31.0 Å². The van der Waals surface area contributed by atoms with Crippen molar-refractivity contribution >= 4 is 28.1 Å². The number of nitrogens with zero attached hydrogens (tertiary/aromatic N) is 1. The van der Waals surface area contributed by atoms with Crippen LogP contribution in [0.1, 0.15) is 27.8 Å². The lowest BCUT2D eigenvalue weighted by molar-refractivity contribution is -0.135. The van der Waals surface area contributed by atoms with Crippen LogP contribution in [0.3, 0.4) is 0 Å². The number of hydrogen-bond acceptors (Lipinski definition) is 5. The molecule has 0 fully saturated rings. The minimum absolute atomic E-state index is 0.160. The van der Waals surface area contributed by atoms with E-state index < -0.39 is 11.9 Å². The van der Waals surface area contributed by atoms with Crippen LogP contribution in [0.4, 0.5) is 4.39 Å². The van der Waals surface area contributed by atoms with Gasteiger partial charge in [0.1, 0.15) is 17.6 Å². The Kier molecular flexibility index (Phi) is 7.06. The monoisotopic (exact) mass is 501 g/mol. The largest absolute Gasteiger partial charge is 0.467 e. The van der Waals surface area contributed by atoms with Gasteiger partial charge in [0, 0.05) is 23.0 Å². The molecular weight excluding hydrogens is 477 g/mol. The molecular formula is C28H24FN3O3S. The highest BCUT2D eigenvalue weighted by molar-refractivity contribution is 7.09. The number of halogens is 1. The first kappa shape index (κ1) is 23.7. The summed E-state index contributed by atoms with van der Waals surface area (Å²) in [5.41, 5.74) is 2.05. The molecule has 5 aromatic rings. The van der Waals surface area contributed by atoms with Crippen LogP contribution in [0.25, 0.3) is 10.9 Å². The number of H-pyrrole nitrogens is 1. The highest BCUT2D eigenvalue weighted by Gasteiger charge is 2.27. The predicted molar refractivity (Wildman–Crippen MR) is 138 cm³/mol. The topological polar surface area (TPSA) is 78.3 Å². The first-order valence-electron chi connectivity index (χ1n) is 11.5. The van der Waals surface area contributed by atoms with Gasteiger partial charge in [-0.15, -0.1) is 11.3 Å². The van der Waals surface area contributed by atoms with E-state index in [1.165, 1.54) is 18.2 Å². The molecule has 1 amide bonds. The molecule has 0 saturated carbocycles. The zero-order valence-electron chi connectivity index (χ0n) is 19.3. The number of furan rings is 1. The number of amides is 1. The summed E-state index contributed by atoms with van der Waals surface area (Å²) in [4.78, 5) is 31.1. The molecule has 3 aromatic heterocycles. The SMILES string of the molecule is O=C([C@H](NCc1ccc2[nH]c(=O)ccc2c1)c1cccc(F)c1)N(Cc1ccco1)Cc1cccs1. The molecule has 0 unspecified atom stereocenters. The summed E-state index contributed by atoms with van der Waals surface area (Å²) in [6.45, 7) is 1.07. The molecule has 0 aliphatic carbocycles. The van der Waals surface area contributed by atoms with Gasteiger partial charge < -0.3 is 14.3 Å². The zero-order chi connectivity index (χ0) is 24.9. The van der Waals surface area contributed by atoms with Crippen molar-refractivity contribution in [2.24, 2.45) is 0 Å². The lowest BCUT2D eigenvalue weighted by Gasteiger charge is -2.27. The van der Waals surface area contributed by atoms with Gasteiger partial charge in [-0.25, -0.2) is 4.39 Å². The third-order valence-electron chi connectivity index (χ3n) is 5.89. The van der Waals surface area contributed by atoms with E-state index in [4.69, 9.17) is 4.42 Å². The number of carbonyl (C=O) groups excluding carboxylic acids is 1. The van der Waals surface area contributed by atoms with E-state index in [0.717, 1.165) is 21.3 Å². The maximum absolute atomic E-state index is 14.2. The third-order valence-corrected chi connectivity index (χ3v) is 6.75. The van der Waals surface area contributed by atoms with Crippen molar-refractivity contribution in [3.8, 4) is 0 Å². The van der Waals surface area contributed by atoms with Crippen LogP contribution >= 0.6 is 11.3 Å². The summed E-state index contributed by atoms with van der Waals surface area (Å²) in [5.74, 6) is 0.0783. The van der Waals surface area contributed by atoms with Crippen LogP contribution in [0.2, 0.25) is 0 Å². The lowest BCUT2D eigenvalue weighted by atomic mass is 10.0. The maximum atomic E-state index is 14.2. The van der Waals surface area contributed by atoms with Crippen molar-refractivity contribution in [3.05, 3.63) is 128 Å². The van der Waals surface area contributed by atoms with Crippen molar-refractivity contribution < 1.29 is 13.6 Å². The molecule has 36 heavy (non-hydrogen) atoms. The van der Waals surface area contributed by atoms with Crippen LogP contribution in [-0.2, 0) is 24.4 Å². The molecule has 0 bridgehead atoms. The first-order chi connectivity index (χ1) is 17.5. The molecule has 6 nitrogen and oxygen atoms in total. The Hall–Kier alpha value is -4.01. The Balaban J connectivity index is 1.43. The van der Waals surface area contributed by atoms with Gasteiger partial charge in [0.15, 0.2) is 0 Å². The molecule has 182 valence electrons. The van der Waals surface area contributed by atoms with E-state index >= 15 is 0 Å².